The summed E-state index contributed by atoms with van der Waals surface area (Å²) in [6, 6.07) is 1.30. The van der Waals surface area contributed by atoms with Crippen LogP contribution in [0.3, 0.4) is 0 Å². The predicted molar refractivity (Wildman–Crippen MR) is 54.6 cm³/mol. The lowest BCUT2D eigenvalue weighted by atomic mass is 9.99. The molecular weight excluding hydrogens is 181 g/mol. The summed E-state index contributed by atoms with van der Waals surface area (Å²) in [5.74, 6) is 0.0331. The molecule has 78 valence electrons. The number of halogens is 1. The van der Waals surface area contributed by atoms with E-state index in [-0.39, 0.29) is 5.54 Å². The van der Waals surface area contributed by atoms with Crippen molar-refractivity contribution in [2.24, 2.45) is 0 Å². The molecule has 14 heavy (non-hydrogen) atoms. The van der Waals surface area contributed by atoms with Crippen LogP contribution in [-0.4, -0.2) is 15.5 Å². The van der Waals surface area contributed by atoms with E-state index < -0.39 is 5.95 Å². The summed E-state index contributed by atoms with van der Waals surface area (Å²) < 4.78 is 12.7. The highest BCUT2D eigenvalue weighted by atomic mass is 19.1. The minimum Gasteiger partial charge on any atom is -0.365 e. The van der Waals surface area contributed by atoms with Gasteiger partial charge in [-0.2, -0.15) is 4.39 Å². The molecule has 3 nitrogen and oxygen atoms in total. The van der Waals surface area contributed by atoms with Crippen LogP contribution in [0.2, 0.25) is 0 Å². The van der Waals surface area contributed by atoms with E-state index in [4.69, 9.17) is 0 Å². The maximum Gasteiger partial charge on any atom is 0.217 e. The maximum absolute atomic E-state index is 12.7. The first-order valence-corrected chi connectivity index (χ1v) is 4.79. The Balaban J connectivity index is 2.68. The molecule has 1 rings (SSSR count). The molecule has 0 saturated carbocycles. The van der Waals surface area contributed by atoms with Crippen molar-refractivity contribution in [3.63, 3.8) is 0 Å². The lowest BCUT2D eigenvalue weighted by molar-refractivity contribution is 0.507. The van der Waals surface area contributed by atoms with Gasteiger partial charge in [0.05, 0.1) is 0 Å². The van der Waals surface area contributed by atoms with E-state index in [0.717, 1.165) is 12.8 Å². The Morgan fingerprint density at radius 2 is 2.14 bits per heavy atom. The second kappa shape index (κ2) is 4.35. The Morgan fingerprint density at radius 3 is 2.71 bits per heavy atom. The average molecular weight is 197 g/mol. The smallest absolute Gasteiger partial charge is 0.217 e. The predicted octanol–water partition coefficient (Wildman–Crippen LogP) is 2.61. The van der Waals surface area contributed by atoms with Crippen LogP contribution >= 0.6 is 0 Å². The summed E-state index contributed by atoms with van der Waals surface area (Å²) >= 11 is 0. The number of hydrogen-bond donors (Lipinski definition) is 1. The molecule has 4 heteroatoms. The van der Waals surface area contributed by atoms with E-state index >= 15 is 0 Å². The molecule has 0 fully saturated rings. The van der Waals surface area contributed by atoms with Gasteiger partial charge >= 0.3 is 0 Å². The molecule has 0 saturated heterocycles. The average Bonchev–Trinajstić information content (AvgIpc) is 2.02. The SMILES string of the molecule is CCCC(C)(C)Nc1cc(F)ncn1. The van der Waals surface area contributed by atoms with Gasteiger partial charge in [0.2, 0.25) is 5.95 Å². The number of rotatable bonds is 4. The molecule has 0 bridgehead atoms. The first-order chi connectivity index (χ1) is 6.53. The van der Waals surface area contributed by atoms with Crippen LogP contribution in [0.25, 0.3) is 0 Å². The molecule has 0 radical (unpaired) electrons. The van der Waals surface area contributed by atoms with E-state index in [1.165, 1.54) is 12.4 Å². The Kier molecular flexibility index (Phi) is 3.38. The van der Waals surface area contributed by atoms with Crippen molar-refractivity contribution in [1.82, 2.24) is 9.97 Å². The molecule has 1 N–H and O–H groups in total. The molecule has 0 aliphatic heterocycles. The highest BCUT2D eigenvalue weighted by Gasteiger charge is 2.16. The Morgan fingerprint density at radius 1 is 1.43 bits per heavy atom. The summed E-state index contributed by atoms with van der Waals surface area (Å²) in [6.45, 7) is 6.25. The lowest BCUT2D eigenvalue weighted by Gasteiger charge is -2.26. The number of nitrogens with zero attached hydrogens (tertiary/aromatic N) is 2. The standard InChI is InChI=1S/C10H16FN3/c1-4-5-10(2,3)14-9-6-8(11)12-7-13-9/h6-7H,4-5H2,1-3H3,(H,12,13,14). The molecule has 0 atom stereocenters. The summed E-state index contributed by atoms with van der Waals surface area (Å²) in [5.41, 5.74) is -0.0600. The van der Waals surface area contributed by atoms with Gasteiger partial charge in [0.15, 0.2) is 0 Å². The molecule has 1 aromatic heterocycles. The quantitative estimate of drug-likeness (QED) is 0.754. The zero-order valence-electron chi connectivity index (χ0n) is 8.84. The third-order valence-electron chi connectivity index (χ3n) is 1.98. The van der Waals surface area contributed by atoms with E-state index in [1.54, 1.807) is 0 Å². The van der Waals surface area contributed by atoms with E-state index in [9.17, 15) is 4.39 Å². The molecule has 1 aromatic rings. The summed E-state index contributed by atoms with van der Waals surface area (Å²) in [5, 5.41) is 3.17. The minimum atomic E-state index is -0.505. The van der Waals surface area contributed by atoms with Gasteiger partial charge in [-0.05, 0) is 20.3 Å². The molecule has 0 spiro atoms. The van der Waals surface area contributed by atoms with Crippen LogP contribution in [0.1, 0.15) is 33.6 Å². The van der Waals surface area contributed by atoms with Gasteiger partial charge in [-0.3, -0.25) is 0 Å². The van der Waals surface area contributed by atoms with Crippen molar-refractivity contribution in [3.8, 4) is 0 Å². The van der Waals surface area contributed by atoms with Gasteiger partial charge in [-0.15, -0.1) is 0 Å². The zero-order valence-corrected chi connectivity index (χ0v) is 8.84. The number of hydrogen-bond acceptors (Lipinski definition) is 3. The second-order valence-corrected chi connectivity index (χ2v) is 3.98. The van der Waals surface area contributed by atoms with E-state index in [0.29, 0.717) is 5.82 Å². The van der Waals surface area contributed by atoms with Crippen molar-refractivity contribution in [2.45, 2.75) is 39.2 Å². The van der Waals surface area contributed by atoms with Crippen LogP contribution < -0.4 is 5.32 Å². The van der Waals surface area contributed by atoms with Crippen molar-refractivity contribution in [2.75, 3.05) is 5.32 Å². The van der Waals surface area contributed by atoms with E-state index in [2.05, 4.69) is 36.1 Å². The molecular formula is C10H16FN3. The van der Waals surface area contributed by atoms with Crippen molar-refractivity contribution in [3.05, 3.63) is 18.3 Å². The third kappa shape index (κ3) is 3.28. The first-order valence-electron chi connectivity index (χ1n) is 4.79. The van der Waals surface area contributed by atoms with Gasteiger partial charge in [-0.1, -0.05) is 13.3 Å². The minimum absolute atomic E-state index is 0.0600. The summed E-state index contributed by atoms with van der Waals surface area (Å²) in [6.07, 6.45) is 3.31. The van der Waals surface area contributed by atoms with Crippen molar-refractivity contribution in [1.29, 1.82) is 0 Å². The number of nitrogens with one attached hydrogen (secondary N) is 1. The lowest BCUT2D eigenvalue weighted by Crippen LogP contribution is -2.30. The topological polar surface area (TPSA) is 37.8 Å². The normalized spacial score (nSPS) is 11.4. The van der Waals surface area contributed by atoms with Gasteiger partial charge in [0.1, 0.15) is 12.1 Å². The van der Waals surface area contributed by atoms with Gasteiger partial charge in [0, 0.05) is 11.6 Å². The largest absolute Gasteiger partial charge is 0.365 e. The van der Waals surface area contributed by atoms with Crippen LogP contribution in [0.5, 0.6) is 0 Å². The van der Waals surface area contributed by atoms with Crippen molar-refractivity contribution >= 4 is 5.82 Å². The Hall–Kier alpha value is -1.19. The van der Waals surface area contributed by atoms with Crippen molar-refractivity contribution < 1.29 is 4.39 Å². The van der Waals surface area contributed by atoms with Crippen LogP contribution in [0.15, 0.2) is 12.4 Å². The van der Waals surface area contributed by atoms with Gasteiger partial charge in [0.25, 0.3) is 0 Å². The Labute approximate surface area is 83.8 Å². The fourth-order valence-electron chi connectivity index (χ4n) is 1.44. The molecule has 0 aliphatic rings. The van der Waals surface area contributed by atoms with Crippen LogP contribution in [0, 0.1) is 5.95 Å². The van der Waals surface area contributed by atoms with Gasteiger partial charge in [-0.25, -0.2) is 9.97 Å². The Bertz CT molecular complexity index is 299. The first kappa shape index (κ1) is 10.9. The fraction of sp³-hybridized carbons (Fsp3) is 0.600. The number of aromatic nitrogens is 2. The molecule has 0 amide bonds. The van der Waals surface area contributed by atoms with Crippen LogP contribution in [-0.2, 0) is 0 Å². The zero-order chi connectivity index (χ0) is 10.6. The maximum atomic E-state index is 12.7. The molecule has 1 heterocycles. The highest BCUT2D eigenvalue weighted by molar-refractivity contribution is 5.35. The van der Waals surface area contributed by atoms with Gasteiger partial charge < -0.3 is 5.32 Å². The number of anilines is 1. The van der Waals surface area contributed by atoms with E-state index in [1.807, 2.05) is 0 Å². The monoisotopic (exact) mass is 197 g/mol. The van der Waals surface area contributed by atoms with Crippen LogP contribution in [0.4, 0.5) is 10.2 Å². The molecule has 0 aromatic carbocycles. The highest BCUT2D eigenvalue weighted by Crippen LogP contribution is 2.17. The summed E-state index contributed by atoms with van der Waals surface area (Å²) in [7, 11) is 0. The second-order valence-electron chi connectivity index (χ2n) is 3.98. The fourth-order valence-corrected chi connectivity index (χ4v) is 1.44. The third-order valence-corrected chi connectivity index (χ3v) is 1.98. The molecule has 0 unspecified atom stereocenters. The molecule has 0 aliphatic carbocycles. The summed E-state index contributed by atoms with van der Waals surface area (Å²) in [4.78, 5) is 7.34.